The van der Waals surface area contributed by atoms with Crippen molar-refractivity contribution in [2.45, 2.75) is 51.4 Å². The van der Waals surface area contributed by atoms with Crippen LogP contribution in [0.4, 0.5) is 0 Å². The van der Waals surface area contributed by atoms with Crippen molar-refractivity contribution < 1.29 is 9.53 Å². The molecule has 112 valence electrons. The topological polar surface area (TPSA) is 64.3 Å². The van der Waals surface area contributed by atoms with Crippen LogP contribution in [-0.2, 0) is 9.53 Å². The van der Waals surface area contributed by atoms with E-state index in [0.717, 1.165) is 58.2 Å². The van der Waals surface area contributed by atoms with Gasteiger partial charge in [-0.25, -0.2) is 0 Å². The zero-order valence-electron chi connectivity index (χ0n) is 12.3. The number of carbonyl (C=O) groups is 1. The summed E-state index contributed by atoms with van der Waals surface area (Å²) in [6.45, 7) is 2.37. The summed E-state index contributed by atoms with van der Waals surface area (Å²) in [7, 11) is 1.72. The van der Waals surface area contributed by atoms with Crippen LogP contribution in [0.2, 0.25) is 0 Å². The third-order valence-electron chi connectivity index (χ3n) is 4.05. The number of hydrogen-bond donors (Lipinski definition) is 2. The minimum absolute atomic E-state index is 0.226. The first-order valence-corrected chi connectivity index (χ1v) is 7.74. The molecule has 1 saturated carbocycles. The highest BCUT2D eigenvalue weighted by Gasteiger charge is 2.26. The van der Waals surface area contributed by atoms with Crippen molar-refractivity contribution in [1.82, 2.24) is 5.32 Å². The van der Waals surface area contributed by atoms with Gasteiger partial charge in [0.15, 0.2) is 0 Å². The first-order chi connectivity index (χ1) is 9.27. The highest BCUT2D eigenvalue weighted by Crippen LogP contribution is 2.30. The summed E-state index contributed by atoms with van der Waals surface area (Å²) >= 11 is 0. The molecule has 1 amide bonds. The van der Waals surface area contributed by atoms with E-state index in [-0.39, 0.29) is 11.8 Å². The van der Waals surface area contributed by atoms with Crippen LogP contribution in [-0.4, -0.2) is 32.7 Å². The van der Waals surface area contributed by atoms with Gasteiger partial charge >= 0.3 is 0 Å². The third-order valence-corrected chi connectivity index (χ3v) is 4.05. The van der Waals surface area contributed by atoms with Crippen molar-refractivity contribution in [3.8, 4) is 0 Å². The number of carbonyl (C=O) groups excluding carboxylic acids is 1. The van der Waals surface area contributed by atoms with Crippen LogP contribution in [0.25, 0.3) is 0 Å². The van der Waals surface area contributed by atoms with Crippen LogP contribution in [0.1, 0.15) is 51.4 Å². The molecule has 0 aromatic heterocycles. The molecule has 1 aliphatic rings. The van der Waals surface area contributed by atoms with Gasteiger partial charge in [0.2, 0.25) is 5.91 Å². The van der Waals surface area contributed by atoms with Gasteiger partial charge in [0.1, 0.15) is 0 Å². The van der Waals surface area contributed by atoms with Crippen molar-refractivity contribution in [1.29, 1.82) is 0 Å². The minimum Gasteiger partial charge on any atom is -0.385 e. The molecule has 19 heavy (non-hydrogen) atoms. The fraction of sp³-hybridized carbons (Fsp3) is 0.933. The summed E-state index contributed by atoms with van der Waals surface area (Å²) in [6.07, 6.45) is 8.83. The Kier molecular flexibility index (Phi) is 8.84. The Balaban J connectivity index is 2.11. The average Bonchev–Trinajstić information content (AvgIpc) is 2.43. The molecule has 0 aromatic rings. The molecule has 1 rings (SSSR count). The zero-order valence-corrected chi connectivity index (χ0v) is 12.3. The van der Waals surface area contributed by atoms with Gasteiger partial charge in [-0.05, 0) is 51.0 Å². The molecule has 1 aliphatic carbocycles. The molecule has 0 bridgehead atoms. The van der Waals surface area contributed by atoms with Crippen LogP contribution in [0.15, 0.2) is 0 Å². The summed E-state index contributed by atoms with van der Waals surface area (Å²) in [5.41, 5.74) is 5.61. The number of amides is 1. The standard InChI is InChI=1S/C15H30N2O2/c1-19-11-4-2-3-10-17-15(18)14-7-5-6-13(12-14)8-9-16/h13-14H,2-12,16H2,1H3,(H,17,18). The molecule has 3 N–H and O–H groups in total. The van der Waals surface area contributed by atoms with Gasteiger partial charge in [-0.3, -0.25) is 4.79 Å². The lowest BCUT2D eigenvalue weighted by Crippen LogP contribution is -2.34. The molecule has 0 spiro atoms. The fourth-order valence-electron chi connectivity index (χ4n) is 2.93. The molecule has 0 heterocycles. The average molecular weight is 270 g/mol. The van der Waals surface area contributed by atoms with Gasteiger partial charge in [0, 0.05) is 26.2 Å². The summed E-state index contributed by atoms with van der Waals surface area (Å²) in [4.78, 5) is 12.1. The minimum atomic E-state index is 0.226. The molecule has 0 saturated heterocycles. The lowest BCUT2D eigenvalue weighted by Gasteiger charge is -2.28. The molecule has 2 atom stereocenters. The van der Waals surface area contributed by atoms with Gasteiger partial charge in [-0.1, -0.05) is 12.8 Å². The highest BCUT2D eigenvalue weighted by atomic mass is 16.5. The summed E-state index contributed by atoms with van der Waals surface area (Å²) in [5, 5.41) is 3.08. The quantitative estimate of drug-likeness (QED) is 0.630. The Morgan fingerprint density at radius 1 is 1.32 bits per heavy atom. The van der Waals surface area contributed by atoms with Crippen LogP contribution in [0.5, 0.6) is 0 Å². The molecule has 4 nitrogen and oxygen atoms in total. The van der Waals surface area contributed by atoms with E-state index >= 15 is 0 Å². The second-order valence-electron chi connectivity index (χ2n) is 5.65. The van der Waals surface area contributed by atoms with E-state index in [9.17, 15) is 4.79 Å². The maximum absolute atomic E-state index is 12.1. The number of unbranched alkanes of at least 4 members (excludes halogenated alkanes) is 2. The molecular weight excluding hydrogens is 240 g/mol. The number of rotatable bonds is 9. The van der Waals surface area contributed by atoms with Crippen molar-refractivity contribution >= 4 is 5.91 Å². The summed E-state index contributed by atoms with van der Waals surface area (Å²) < 4.78 is 5.00. The molecule has 0 radical (unpaired) electrons. The van der Waals surface area contributed by atoms with Crippen molar-refractivity contribution in [2.75, 3.05) is 26.8 Å². The Bertz CT molecular complexity index is 244. The predicted octanol–water partition coefficient (Wildman–Crippen LogP) is 2.07. The molecule has 0 aliphatic heterocycles. The smallest absolute Gasteiger partial charge is 0.223 e. The van der Waals surface area contributed by atoms with Crippen LogP contribution in [0.3, 0.4) is 0 Å². The van der Waals surface area contributed by atoms with Crippen LogP contribution in [0, 0.1) is 11.8 Å². The van der Waals surface area contributed by atoms with Crippen molar-refractivity contribution in [3.05, 3.63) is 0 Å². The summed E-state index contributed by atoms with van der Waals surface area (Å²) in [6, 6.07) is 0. The third kappa shape index (κ3) is 6.92. The first-order valence-electron chi connectivity index (χ1n) is 7.74. The maximum atomic E-state index is 12.1. The Morgan fingerprint density at radius 3 is 2.89 bits per heavy atom. The molecule has 1 fully saturated rings. The summed E-state index contributed by atoms with van der Waals surface area (Å²) in [5.74, 6) is 1.15. The second kappa shape index (κ2) is 10.2. The van der Waals surface area contributed by atoms with Crippen molar-refractivity contribution in [2.24, 2.45) is 17.6 Å². The highest BCUT2D eigenvalue weighted by molar-refractivity contribution is 5.78. The van der Waals surface area contributed by atoms with Gasteiger partial charge in [0.05, 0.1) is 0 Å². The van der Waals surface area contributed by atoms with E-state index in [1.807, 2.05) is 0 Å². The Morgan fingerprint density at radius 2 is 2.16 bits per heavy atom. The number of methoxy groups -OCH3 is 1. The number of nitrogens with two attached hydrogens (primary N) is 1. The van der Waals surface area contributed by atoms with E-state index in [1.54, 1.807) is 7.11 Å². The van der Waals surface area contributed by atoms with E-state index in [0.29, 0.717) is 5.92 Å². The zero-order chi connectivity index (χ0) is 13.9. The lowest BCUT2D eigenvalue weighted by molar-refractivity contribution is -0.126. The van der Waals surface area contributed by atoms with Crippen molar-refractivity contribution in [3.63, 3.8) is 0 Å². The van der Waals surface area contributed by atoms with E-state index in [4.69, 9.17) is 10.5 Å². The van der Waals surface area contributed by atoms with Gasteiger partial charge in [-0.2, -0.15) is 0 Å². The number of hydrogen-bond acceptors (Lipinski definition) is 3. The van der Waals surface area contributed by atoms with Gasteiger partial charge in [0.25, 0.3) is 0 Å². The molecule has 4 heteroatoms. The largest absolute Gasteiger partial charge is 0.385 e. The van der Waals surface area contributed by atoms with E-state index < -0.39 is 0 Å². The lowest BCUT2D eigenvalue weighted by atomic mass is 9.79. The Hall–Kier alpha value is -0.610. The molecule has 0 aromatic carbocycles. The van der Waals surface area contributed by atoms with Crippen LogP contribution < -0.4 is 11.1 Å². The second-order valence-corrected chi connectivity index (χ2v) is 5.65. The first kappa shape index (κ1) is 16.4. The van der Waals surface area contributed by atoms with E-state index in [2.05, 4.69) is 5.32 Å². The number of ether oxygens (including phenoxy) is 1. The van der Waals surface area contributed by atoms with Gasteiger partial charge in [-0.15, -0.1) is 0 Å². The van der Waals surface area contributed by atoms with E-state index in [1.165, 1.54) is 12.8 Å². The molecular formula is C15H30N2O2. The SMILES string of the molecule is COCCCCCNC(=O)C1CCCC(CCN)C1. The normalized spacial score (nSPS) is 23.3. The number of nitrogens with one attached hydrogen (secondary N) is 1. The Labute approximate surface area is 117 Å². The maximum Gasteiger partial charge on any atom is 0.223 e. The van der Waals surface area contributed by atoms with Gasteiger partial charge < -0.3 is 15.8 Å². The molecule has 2 unspecified atom stereocenters. The monoisotopic (exact) mass is 270 g/mol. The fourth-order valence-corrected chi connectivity index (χ4v) is 2.93. The van der Waals surface area contributed by atoms with Crippen LogP contribution >= 0.6 is 0 Å². The predicted molar refractivity (Wildman–Crippen MR) is 77.9 cm³/mol.